The molecule has 17 heavy (non-hydrogen) atoms. The van der Waals surface area contributed by atoms with Gasteiger partial charge in [0.2, 0.25) is 0 Å². The van der Waals surface area contributed by atoms with Crippen LogP contribution in [0.3, 0.4) is 0 Å². The zero-order valence-electron chi connectivity index (χ0n) is 11.9. The summed E-state index contributed by atoms with van der Waals surface area (Å²) in [6.07, 6.45) is 8.22. The van der Waals surface area contributed by atoms with Crippen LogP contribution in [0.5, 0.6) is 0 Å². The summed E-state index contributed by atoms with van der Waals surface area (Å²) in [7, 11) is 0. The van der Waals surface area contributed by atoms with Gasteiger partial charge in [-0.25, -0.2) is 0 Å². The third kappa shape index (κ3) is 3.03. The lowest BCUT2D eigenvalue weighted by Gasteiger charge is -2.31. The van der Waals surface area contributed by atoms with Crippen molar-refractivity contribution in [3.05, 3.63) is 0 Å². The Kier molecular flexibility index (Phi) is 4.14. The highest BCUT2D eigenvalue weighted by Gasteiger charge is 2.45. The van der Waals surface area contributed by atoms with E-state index in [1.165, 1.54) is 58.2 Å². The number of rotatable bonds is 7. The van der Waals surface area contributed by atoms with Crippen molar-refractivity contribution in [3.8, 4) is 0 Å². The smallest absolute Gasteiger partial charge is 0.0306 e. The van der Waals surface area contributed by atoms with Gasteiger partial charge in [0.05, 0.1) is 0 Å². The highest BCUT2D eigenvalue weighted by Crippen LogP contribution is 2.51. The molecule has 2 rings (SSSR count). The molecule has 2 heteroatoms. The van der Waals surface area contributed by atoms with E-state index in [4.69, 9.17) is 0 Å². The lowest BCUT2D eigenvalue weighted by Crippen LogP contribution is -2.49. The summed E-state index contributed by atoms with van der Waals surface area (Å²) >= 11 is 0. The van der Waals surface area contributed by atoms with E-state index in [9.17, 15) is 0 Å². The fourth-order valence-corrected chi connectivity index (χ4v) is 3.47. The Morgan fingerprint density at radius 1 is 1.18 bits per heavy atom. The minimum absolute atomic E-state index is 0.418. The van der Waals surface area contributed by atoms with Crippen LogP contribution in [0, 0.1) is 11.3 Å². The van der Waals surface area contributed by atoms with E-state index < -0.39 is 0 Å². The maximum Gasteiger partial charge on any atom is 0.0306 e. The third-order valence-corrected chi connectivity index (χ3v) is 5.12. The summed E-state index contributed by atoms with van der Waals surface area (Å²) in [5.41, 5.74) is 1.06. The Hall–Kier alpha value is -0.0800. The van der Waals surface area contributed by atoms with Gasteiger partial charge in [0.1, 0.15) is 0 Å². The van der Waals surface area contributed by atoms with Gasteiger partial charge in [-0.05, 0) is 50.0 Å². The van der Waals surface area contributed by atoms with Crippen molar-refractivity contribution in [2.45, 2.75) is 64.8 Å². The Bertz CT molecular complexity index is 237. The normalized spacial score (nSPS) is 31.1. The van der Waals surface area contributed by atoms with Gasteiger partial charge in [-0.3, -0.25) is 0 Å². The zero-order valence-corrected chi connectivity index (χ0v) is 11.9. The Balaban J connectivity index is 1.76. The largest absolute Gasteiger partial charge is 0.314 e. The second kappa shape index (κ2) is 5.27. The quantitative estimate of drug-likeness (QED) is 0.712. The van der Waals surface area contributed by atoms with E-state index in [1.54, 1.807) is 0 Å². The predicted octanol–water partition coefficient (Wildman–Crippen LogP) is 2.93. The SMILES string of the molecule is CCCC1(CNCC2(C(C)C)CC2)CCCN1. The van der Waals surface area contributed by atoms with Crippen LogP contribution in [0.4, 0.5) is 0 Å². The molecule has 1 saturated carbocycles. The van der Waals surface area contributed by atoms with Gasteiger partial charge in [0.15, 0.2) is 0 Å². The molecule has 0 spiro atoms. The van der Waals surface area contributed by atoms with E-state index in [0.717, 1.165) is 5.92 Å². The van der Waals surface area contributed by atoms with Crippen molar-refractivity contribution in [1.29, 1.82) is 0 Å². The molecule has 0 amide bonds. The molecule has 0 aromatic rings. The minimum Gasteiger partial charge on any atom is -0.314 e. The van der Waals surface area contributed by atoms with Crippen molar-refractivity contribution in [1.82, 2.24) is 10.6 Å². The summed E-state index contributed by atoms with van der Waals surface area (Å²) in [5.74, 6) is 0.841. The monoisotopic (exact) mass is 238 g/mol. The molecule has 2 nitrogen and oxygen atoms in total. The number of hydrogen-bond acceptors (Lipinski definition) is 2. The molecule has 0 aromatic heterocycles. The molecule has 1 atom stereocenters. The Morgan fingerprint density at radius 2 is 1.94 bits per heavy atom. The first kappa shape index (κ1) is 13.4. The minimum atomic E-state index is 0.418. The molecule has 1 aliphatic heterocycles. The standard InChI is InChI=1S/C15H30N2/c1-4-6-15(7-5-10-17-15)12-16-11-14(8-9-14)13(2)3/h13,16-17H,4-12H2,1-3H3. The Labute approximate surface area is 107 Å². The van der Waals surface area contributed by atoms with Crippen molar-refractivity contribution in [2.24, 2.45) is 11.3 Å². The molecule has 1 unspecified atom stereocenters. The second-order valence-corrected chi connectivity index (χ2v) is 6.68. The summed E-state index contributed by atoms with van der Waals surface area (Å²) in [6.45, 7) is 10.7. The summed E-state index contributed by atoms with van der Waals surface area (Å²) < 4.78 is 0. The molecule has 1 aliphatic carbocycles. The first-order chi connectivity index (χ1) is 8.13. The highest BCUT2D eigenvalue weighted by atomic mass is 15.1. The average molecular weight is 238 g/mol. The number of nitrogens with one attached hydrogen (secondary N) is 2. The fraction of sp³-hybridized carbons (Fsp3) is 1.00. The van der Waals surface area contributed by atoms with Crippen LogP contribution in [0.1, 0.15) is 59.3 Å². The molecular formula is C15H30N2. The van der Waals surface area contributed by atoms with E-state index in [0.29, 0.717) is 11.0 Å². The van der Waals surface area contributed by atoms with Gasteiger partial charge in [-0.2, -0.15) is 0 Å². The van der Waals surface area contributed by atoms with Gasteiger partial charge in [-0.15, -0.1) is 0 Å². The van der Waals surface area contributed by atoms with E-state index in [-0.39, 0.29) is 0 Å². The molecule has 0 radical (unpaired) electrons. The fourth-order valence-electron chi connectivity index (χ4n) is 3.47. The average Bonchev–Trinajstić information content (AvgIpc) is 2.94. The third-order valence-electron chi connectivity index (χ3n) is 5.12. The maximum atomic E-state index is 3.77. The summed E-state index contributed by atoms with van der Waals surface area (Å²) in [6, 6.07) is 0. The van der Waals surface area contributed by atoms with Gasteiger partial charge in [0.25, 0.3) is 0 Å². The van der Waals surface area contributed by atoms with Crippen molar-refractivity contribution >= 4 is 0 Å². The highest BCUT2D eigenvalue weighted by molar-refractivity contribution is 4.99. The summed E-state index contributed by atoms with van der Waals surface area (Å²) in [5, 5.41) is 7.52. The molecule has 2 fully saturated rings. The van der Waals surface area contributed by atoms with Crippen LogP contribution >= 0.6 is 0 Å². The number of hydrogen-bond donors (Lipinski definition) is 2. The van der Waals surface area contributed by atoms with E-state index >= 15 is 0 Å². The van der Waals surface area contributed by atoms with Crippen LogP contribution in [-0.4, -0.2) is 25.2 Å². The molecule has 1 saturated heterocycles. The molecule has 0 bridgehead atoms. The predicted molar refractivity (Wildman–Crippen MR) is 74.3 cm³/mol. The van der Waals surface area contributed by atoms with Crippen molar-refractivity contribution < 1.29 is 0 Å². The van der Waals surface area contributed by atoms with E-state index in [2.05, 4.69) is 31.4 Å². The van der Waals surface area contributed by atoms with Crippen LogP contribution in [0.15, 0.2) is 0 Å². The molecular weight excluding hydrogens is 208 g/mol. The van der Waals surface area contributed by atoms with Gasteiger partial charge in [-0.1, -0.05) is 27.2 Å². The lowest BCUT2D eigenvalue weighted by atomic mass is 9.89. The zero-order chi connectivity index (χ0) is 12.4. The lowest BCUT2D eigenvalue weighted by molar-refractivity contribution is 0.285. The van der Waals surface area contributed by atoms with E-state index in [1.807, 2.05) is 0 Å². The first-order valence-electron chi connectivity index (χ1n) is 7.58. The van der Waals surface area contributed by atoms with Gasteiger partial charge in [0, 0.05) is 18.6 Å². The van der Waals surface area contributed by atoms with Crippen LogP contribution in [-0.2, 0) is 0 Å². The van der Waals surface area contributed by atoms with Gasteiger partial charge < -0.3 is 10.6 Å². The van der Waals surface area contributed by atoms with Crippen LogP contribution < -0.4 is 10.6 Å². The van der Waals surface area contributed by atoms with Crippen molar-refractivity contribution in [2.75, 3.05) is 19.6 Å². The molecule has 0 aromatic carbocycles. The van der Waals surface area contributed by atoms with Crippen LogP contribution in [0.25, 0.3) is 0 Å². The first-order valence-corrected chi connectivity index (χ1v) is 7.58. The second-order valence-electron chi connectivity index (χ2n) is 6.68. The topological polar surface area (TPSA) is 24.1 Å². The summed E-state index contributed by atoms with van der Waals surface area (Å²) in [4.78, 5) is 0. The molecule has 100 valence electrons. The Morgan fingerprint density at radius 3 is 2.41 bits per heavy atom. The molecule has 2 aliphatic rings. The molecule has 1 heterocycles. The maximum absolute atomic E-state index is 3.77. The van der Waals surface area contributed by atoms with Crippen LogP contribution in [0.2, 0.25) is 0 Å². The van der Waals surface area contributed by atoms with Crippen molar-refractivity contribution in [3.63, 3.8) is 0 Å². The molecule has 2 N–H and O–H groups in total. The van der Waals surface area contributed by atoms with Gasteiger partial charge >= 0.3 is 0 Å².